The van der Waals surface area contributed by atoms with Gasteiger partial charge in [0.1, 0.15) is 5.52 Å². The molecule has 3 rings (SSSR count). The topological polar surface area (TPSA) is 41.2 Å². The lowest BCUT2D eigenvalue weighted by Gasteiger charge is -2.29. The molecule has 0 amide bonds. The van der Waals surface area contributed by atoms with Crippen molar-refractivity contribution in [2.24, 2.45) is 0 Å². The summed E-state index contributed by atoms with van der Waals surface area (Å²) in [6.07, 6.45) is 2.75. The average Bonchev–Trinajstić information content (AvgIpc) is 2.78. The number of aromatic nitrogens is 2. The lowest BCUT2D eigenvalue weighted by atomic mass is 10.2. The van der Waals surface area contributed by atoms with Crippen molar-refractivity contribution < 1.29 is 4.74 Å². The van der Waals surface area contributed by atoms with E-state index in [2.05, 4.69) is 21.2 Å². The minimum absolute atomic E-state index is 0.731. The Labute approximate surface area is 98.2 Å². The first-order valence-electron chi connectivity index (χ1n) is 5.23. The summed E-state index contributed by atoms with van der Waals surface area (Å²) in [7, 11) is 0. The smallest absolute Gasteiger partial charge is 0.174 e. The van der Waals surface area contributed by atoms with Crippen LogP contribution in [0.15, 0.2) is 12.1 Å². The molecule has 1 aromatic carbocycles. The number of nitrogens with one attached hydrogen (secondary N) is 1. The number of aromatic amines is 1. The van der Waals surface area contributed by atoms with Crippen molar-refractivity contribution in [3.05, 3.63) is 23.5 Å². The largest absolute Gasteiger partial charge is 0.378 e. The SMILES string of the molecule is Clc1ccc2[nH][c]nc2c1N1CCOCC1. The van der Waals surface area contributed by atoms with Crippen molar-refractivity contribution >= 4 is 28.3 Å². The third-order valence-electron chi connectivity index (χ3n) is 2.79. The monoisotopic (exact) mass is 236 g/mol. The molecular formula is C11H11ClN3O. The predicted molar refractivity (Wildman–Crippen MR) is 63.0 cm³/mol. The number of anilines is 1. The maximum Gasteiger partial charge on any atom is 0.174 e. The van der Waals surface area contributed by atoms with E-state index in [0.29, 0.717) is 0 Å². The Bertz CT molecular complexity index is 505. The third-order valence-corrected chi connectivity index (χ3v) is 3.09. The van der Waals surface area contributed by atoms with E-state index >= 15 is 0 Å². The Morgan fingerprint density at radius 2 is 2.19 bits per heavy atom. The fourth-order valence-corrected chi connectivity index (χ4v) is 2.27. The summed E-state index contributed by atoms with van der Waals surface area (Å²) in [5.41, 5.74) is 2.83. The minimum atomic E-state index is 0.731. The number of hydrogen-bond acceptors (Lipinski definition) is 3. The number of benzene rings is 1. The molecule has 1 aromatic heterocycles. The summed E-state index contributed by atoms with van der Waals surface area (Å²) in [5, 5.41) is 0.731. The first-order valence-corrected chi connectivity index (χ1v) is 5.61. The molecule has 16 heavy (non-hydrogen) atoms. The molecule has 1 saturated heterocycles. The minimum Gasteiger partial charge on any atom is -0.378 e. The van der Waals surface area contributed by atoms with Crippen LogP contribution in [0.4, 0.5) is 5.69 Å². The fourth-order valence-electron chi connectivity index (χ4n) is 2.00. The molecule has 1 fully saturated rings. The highest BCUT2D eigenvalue weighted by atomic mass is 35.5. The number of H-pyrrole nitrogens is 1. The average molecular weight is 237 g/mol. The lowest BCUT2D eigenvalue weighted by Crippen LogP contribution is -2.36. The van der Waals surface area contributed by atoms with E-state index in [1.165, 1.54) is 0 Å². The second-order valence-electron chi connectivity index (χ2n) is 3.74. The van der Waals surface area contributed by atoms with Crippen LogP contribution < -0.4 is 4.90 Å². The Morgan fingerprint density at radius 1 is 1.38 bits per heavy atom. The van der Waals surface area contributed by atoms with Gasteiger partial charge >= 0.3 is 0 Å². The molecule has 83 valence electrons. The van der Waals surface area contributed by atoms with Crippen LogP contribution >= 0.6 is 11.6 Å². The third kappa shape index (κ3) is 1.54. The molecule has 1 aliphatic heterocycles. The normalized spacial score (nSPS) is 16.9. The number of imidazole rings is 1. The summed E-state index contributed by atoms with van der Waals surface area (Å²) in [5.74, 6) is 0. The van der Waals surface area contributed by atoms with Crippen LogP contribution in [0.3, 0.4) is 0 Å². The number of fused-ring (bicyclic) bond motifs is 1. The van der Waals surface area contributed by atoms with Gasteiger partial charge in [0.25, 0.3) is 0 Å². The molecule has 5 heteroatoms. The van der Waals surface area contributed by atoms with Gasteiger partial charge in [-0.2, -0.15) is 0 Å². The van der Waals surface area contributed by atoms with Crippen LogP contribution in [-0.2, 0) is 4.74 Å². The van der Waals surface area contributed by atoms with E-state index in [1.807, 2.05) is 12.1 Å². The van der Waals surface area contributed by atoms with Crippen molar-refractivity contribution in [1.82, 2.24) is 9.97 Å². The van der Waals surface area contributed by atoms with Crippen molar-refractivity contribution in [3.63, 3.8) is 0 Å². The Balaban J connectivity index is 2.12. The Kier molecular flexibility index (Phi) is 2.46. The molecule has 2 heterocycles. The van der Waals surface area contributed by atoms with E-state index in [0.717, 1.165) is 48.0 Å². The zero-order valence-electron chi connectivity index (χ0n) is 8.66. The second-order valence-corrected chi connectivity index (χ2v) is 4.15. The van der Waals surface area contributed by atoms with E-state index < -0.39 is 0 Å². The molecule has 4 nitrogen and oxygen atoms in total. The molecule has 1 radical (unpaired) electrons. The zero-order chi connectivity index (χ0) is 11.0. The summed E-state index contributed by atoms with van der Waals surface area (Å²) < 4.78 is 5.33. The van der Waals surface area contributed by atoms with Crippen LogP contribution in [0, 0.1) is 6.33 Å². The molecular weight excluding hydrogens is 226 g/mol. The number of morpholine rings is 1. The van der Waals surface area contributed by atoms with Gasteiger partial charge < -0.3 is 14.6 Å². The molecule has 0 aliphatic carbocycles. The Hall–Kier alpha value is -1.26. The molecule has 1 N–H and O–H groups in total. The summed E-state index contributed by atoms with van der Waals surface area (Å²) in [4.78, 5) is 9.39. The molecule has 0 saturated carbocycles. The van der Waals surface area contributed by atoms with E-state index in [1.54, 1.807) is 0 Å². The maximum absolute atomic E-state index is 6.24. The first-order chi connectivity index (χ1) is 7.86. The maximum atomic E-state index is 6.24. The van der Waals surface area contributed by atoms with Gasteiger partial charge in [-0.3, -0.25) is 0 Å². The molecule has 0 spiro atoms. The number of rotatable bonds is 1. The van der Waals surface area contributed by atoms with Gasteiger partial charge in [-0.05, 0) is 12.1 Å². The fraction of sp³-hybridized carbons (Fsp3) is 0.364. The predicted octanol–water partition coefficient (Wildman–Crippen LogP) is 1.85. The standard InChI is InChI=1S/C11H11ClN3O/c12-8-1-2-9-10(14-7-13-9)11(8)15-3-5-16-6-4-15/h1-2H,3-6H2,(H,13,14). The molecule has 0 atom stereocenters. The van der Waals surface area contributed by atoms with Crippen LogP contribution in [0.1, 0.15) is 0 Å². The number of nitrogens with zero attached hydrogens (tertiary/aromatic N) is 2. The Morgan fingerprint density at radius 3 is 3.00 bits per heavy atom. The number of halogens is 1. The van der Waals surface area contributed by atoms with Crippen LogP contribution in [0.2, 0.25) is 5.02 Å². The highest BCUT2D eigenvalue weighted by Crippen LogP contribution is 2.32. The quantitative estimate of drug-likeness (QED) is 0.822. The van der Waals surface area contributed by atoms with Gasteiger partial charge in [-0.25, -0.2) is 4.98 Å². The van der Waals surface area contributed by atoms with E-state index in [4.69, 9.17) is 16.3 Å². The van der Waals surface area contributed by atoms with Crippen molar-refractivity contribution in [2.45, 2.75) is 0 Å². The first kappa shape index (κ1) is 9.93. The summed E-state index contributed by atoms with van der Waals surface area (Å²) in [6.45, 7) is 3.18. The van der Waals surface area contributed by atoms with Crippen LogP contribution in [0.5, 0.6) is 0 Å². The highest BCUT2D eigenvalue weighted by molar-refractivity contribution is 6.34. The molecule has 0 bridgehead atoms. The zero-order valence-corrected chi connectivity index (χ0v) is 9.42. The van der Waals surface area contributed by atoms with Crippen molar-refractivity contribution in [1.29, 1.82) is 0 Å². The van der Waals surface area contributed by atoms with Gasteiger partial charge in [-0.1, -0.05) is 11.6 Å². The van der Waals surface area contributed by atoms with Crippen molar-refractivity contribution in [3.8, 4) is 0 Å². The van der Waals surface area contributed by atoms with Gasteiger partial charge in [0.15, 0.2) is 6.33 Å². The highest BCUT2D eigenvalue weighted by Gasteiger charge is 2.18. The molecule has 1 aliphatic rings. The van der Waals surface area contributed by atoms with Gasteiger partial charge in [-0.15, -0.1) is 0 Å². The van der Waals surface area contributed by atoms with Crippen LogP contribution in [0.25, 0.3) is 11.0 Å². The van der Waals surface area contributed by atoms with Crippen molar-refractivity contribution in [2.75, 3.05) is 31.2 Å². The summed E-state index contributed by atoms with van der Waals surface area (Å²) in [6, 6.07) is 3.81. The van der Waals surface area contributed by atoms with E-state index in [9.17, 15) is 0 Å². The second kappa shape index (κ2) is 3.96. The number of hydrogen-bond donors (Lipinski definition) is 1. The van der Waals surface area contributed by atoms with Gasteiger partial charge in [0.05, 0.1) is 29.4 Å². The number of ether oxygens (including phenoxy) is 1. The van der Waals surface area contributed by atoms with E-state index in [-0.39, 0.29) is 0 Å². The lowest BCUT2D eigenvalue weighted by molar-refractivity contribution is 0.123. The molecule has 0 unspecified atom stereocenters. The van der Waals surface area contributed by atoms with Crippen LogP contribution in [-0.4, -0.2) is 36.3 Å². The van der Waals surface area contributed by atoms with Gasteiger partial charge in [0, 0.05) is 13.1 Å². The molecule has 2 aromatic rings. The summed E-state index contributed by atoms with van der Waals surface area (Å²) >= 11 is 6.24. The van der Waals surface area contributed by atoms with Gasteiger partial charge in [0.2, 0.25) is 0 Å².